The SMILES string of the molecule is CCCOCCCNCc1ccc(C)c(Cl)c1. The Kier molecular flexibility index (Phi) is 7.25. The van der Waals surface area contributed by atoms with Crippen molar-refractivity contribution in [3.63, 3.8) is 0 Å². The van der Waals surface area contributed by atoms with Crippen molar-refractivity contribution in [3.05, 3.63) is 34.3 Å². The molecule has 1 rings (SSSR count). The van der Waals surface area contributed by atoms with Crippen molar-refractivity contribution >= 4 is 11.6 Å². The third kappa shape index (κ3) is 6.06. The molecule has 0 aromatic heterocycles. The molecular weight excluding hydrogens is 234 g/mol. The number of hydrogen-bond acceptors (Lipinski definition) is 2. The Labute approximate surface area is 109 Å². The van der Waals surface area contributed by atoms with Crippen molar-refractivity contribution in [2.75, 3.05) is 19.8 Å². The molecule has 1 aromatic rings. The number of ether oxygens (including phenoxy) is 1. The Morgan fingerprint density at radius 1 is 1.29 bits per heavy atom. The smallest absolute Gasteiger partial charge is 0.0478 e. The molecule has 0 unspecified atom stereocenters. The van der Waals surface area contributed by atoms with Gasteiger partial charge in [0.2, 0.25) is 0 Å². The number of nitrogens with one attached hydrogen (secondary N) is 1. The molecule has 0 amide bonds. The zero-order chi connectivity index (χ0) is 12.5. The summed E-state index contributed by atoms with van der Waals surface area (Å²) in [5, 5.41) is 4.23. The van der Waals surface area contributed by atoms with E-state index in [0.717, 1.165) is 49.7 Å². The molecule has 1 aromatic carbocycles. The first-order chi connectivity index (χ1) is 8.24. The molecule has 0 heterocycles. The van der Waals surface area contributed by atoms with Gasteiger partial charge in [-0.25, -0.2) is 0 Å². The molecule has 0 saturated heterocycles. The second-order valence-corrected chi connectivity index (χ2v) is 4.63. The molecule has 0 fully saturated rings. The highest BCUT2D eigenvalue weighted by atomic mass is 35.5. The van der Waals surface area contributed by atoms with Crippen molar-refractivity contribution in [2.45, 2.75) is 33.2 Å². The van der Waals surface area contributed by atoms with Crippen LogP contribution in [-0.2, 0) is 11.3 Å². The summed E-state index contributed by atoms with van der Waals surface area (Å²) in [7, 11) is 0. The van der Waals surface area contributed by atoms with Gasteiger partial charge in [-0.3, -0.25) is 0 Å². The standard InChI is InChI=1S/C14H22ClNO/c1-3-8-17-9-4-7-16-11-13-6-5-12(2)14(15)10-13/h5-6,10,16H,3-4,7-9,11H2,1-2H3. The van der Waals surface area contributed by atoms with Crippen LogP contribution in [0.1, 0.15) is 30.9 Å². The summed E-state index contributed by atoms with van der Waals surface area (Å²) < 4.78 is 5.41. The van der Waals surface area contributed by atoms with E-state index in [4.69, 9.17) is 16.3 Å². The van der Waals surface area contributed by atoms with Gasteiger partial charge in [-0.1, -0.05) is 30.7 Å². The molecule has 0 bridgehead atoms. The summed E-state index contributed by atoms with van der Waals surface area (Å²) in [6.07, 6.45) is 2.15. The quantitative estimate of drug-likeness (QED) is 0.718. The van der Waals surface area contributed by atoms with Gasteiger partial charge in [-0.2, -0.15) is 0 Å². The molecule has 0 saturated carbocycles. The van der Waals surface area contributed by atoms with E-state index in [0.29, 0.717) is 0 Å². The van der Waals surface area contributed by atoms with Gasteiger partial charge >= 0.3 is 0 Å². The average Bonchev–Trinajstić information content (AvgIpc) is 2.32. The highest BCUT2D eigenvalue weighted by Gasteiger charge is 1.97. The van der Waals surface area contributed by atoms with Gasteiger partial charge < -0.3 is 10.1 Å². The molecule has 0 aliphatic rings. The van der Waals surface area contributed by atoms with Gasteiger partial charge in [0.05, 0.1) is 0 Å². The largest absolute Gasteiger partial charge is 0.381 e. The third-order valence-electron chi connectivity index (χ3n) is 2.56. The Hall–Kier alpha value is -0.570. The maximum Gasteiger partial charge on any atom is 0.0478 e. The number of rotatable bonds is 8. The minimum absolute atomic E-state index is 0.843. The van der Waals surface area contributed by atoms with Gasteiger partial charge in [-0.15, -0.1) is 0 Å². The van der Waals surface area contributed by atoms with Crippen LogP contribution in [0.25, 0.3) is 0 Å². The van der Waals surface area contributed by atoms with Gasteiger partial charge in [-0.05, 0) is 43.5 Å². The molecule has 17 heavy (non-hydrogen) atoms. The van der Waals surface area contributed by atoms with Gasteiger partial charge in [0.25, 0.3) is 0 Å². The van der Waals surface area contributed by atoms with E-state index in [2.05, 4.69) is 24.4 Å². The highest BCUT2D eigenvalue weighted by molar-refractivity contribution is 6.31. The lowest BCUT2D eigenvalue weighted by atomic mass is 10.1. The molecular formula is C14H22ClNO. The van der Waals surface area contributed by atoms with E-state index in [9.17, 15) is 0 Å². The van der Waals surface area contributed by atoms with E-state index in [1.807, 2.05) is 13.0 Å². The van der Waals surface area contributed by atoms with Crippen LogP contribution in [0.5, 0.6) is 0 Å². The van der Waals surface area contributed by atoms with Crippen LogP contribution in [0.3, 0.4) is 0 Å². The number of halogens is 1. The lowest BCUT2D eigenvalue weighted by Crippen LogP contribution is -2.16. The van der Waals surface area contributed by atoms with Crippen LogP contribution < -0.4 is 5.32 Å². The maximum absolute atomic E-state index is 6.06. The average molecular weight is 256 g/mol. The van der Waals surface area contributed by atoms with E-state index in [1.165, 1.54) is 5.56 Å². The lowest BCUT2D eigenvalue weighted by molar-refractivity contribution is 0.132. The molecule has 0 atom stereocenters. The highest BCUT2D eigenvalue weighted by Crippen LogP contribution is 2.16. The number of benzene rings is 1. The second-order valence-electron chi connectivity index (χ2n) is 4.23. The zero-order valence-corrected chi connectivity index (χ0v) is 11.5. The van der Waals surface area contributed by atoms with Gasteiger partial charge in [0.1, 0.15) is 0 Å². The fraction of sp³-hybridized carbons (Fsp3) is 0.571. The Balaban J connectivity index is 2.11. The molecule has 2 nitrogen and oxygen atoms in total. The molecule has 96 valence electrons. The van der Waals surface area contributed by atoms with Crippen LogP contribution in [0.4, 0.5) is 0 Å². The summed E-state index contributed by atoms with van der Waals surface area (Å²) in [4.78, 5) is 0. The zero-order valence-electron chi connectivity index (χ0n) is 10.8. The molecule has 0 aliphatic heterocycles. The summed E-state index contributed by atoms with van der Waals surface area (Å²) >= 11 is 6.06. The van der Waals surface area contributed by atoms with E-state index in [1.54, 1.807) is 0 Å². The van der Waals surface area contributed by atoms with E-state index in [-0.39, 0.29) is 0 Å². The first-order valence-corrected chi connectivity index (χ1v) is 6.65. The van der Waals surface area contributed by atoms with E-state index < -0.39 is 0 Å². The molecule has 1 N–H and O–H groups in total. The number of hydrogen-bond donors (Lipinski definition) is 1. The third-order valence-corrected chi connectivity index (χ3v) is 2.96. The van der Waals surface area contributed by atoms with Crippen LogP contribution in [0.2, 0.25) is 5.02 Å². The normalized spacial score (nSPS) is 10.8. The van der Waals surface area contributed by atoms with E-state index >= 15 is 0 Å². The first kappa shape index (κ1) is 14.5. The Bertz CT molecular complexity index is 328. The molecule has 3 heteroatoms. The van der Waals surface area contributed by atoms with Crippen molar-refractivity contribution in [3.8, 4) is 0 Å². The fourth-order valence-corrected chi connectivity index (χ4v) is 1.73. The minimum Gasteiger partial charge on any atom is -0.381 e. The fourth-order valence-electron chi connectivity index (χ4n) is 1.52. The monoisotopic (exact) mass is 255 g/mol. The van der Waals surface area contributed by atoms with Crippen molar-refractivity contribution in [2.24, 2.45) is 0 Å². The number of aryl methyl sites for hydroxylation is 1. The Morgan fingerprint density at radius 3 is 2.82 bits per heavy atom. The molecule has 0 radical (unpaired) electrons. The molecule has 0 aliphatic carbocycles. The van der Waals surface area contributed by atoms with Gasteiger partial charge in [0.15, 0.2) is 0 Å². The summed E-state index contributed by atoms with van der Waals surface area (Å²) in [5.74, 6) is 0. The van der Waals surface area contributed by atoms with Crippen LogP contribution in [0.15, 0.2) is 18.2 Å². The maximum atomic E-state index is 6.06. The second kappa shape index (κ2) is 8.51. The first-order valence-electron chi connectivity index (χ1n) is 6.27. The van der Waals surface area contributed by atoms with Crippen LogP contribution >= 0.6 is 11.6 Å². The van der Waals surface area contributed by atoms with Crippen molar-refractivity contribution in [1.29, 1.82) is 0 Å². The minimum atomic E-state index is 0.843. The predicted octanol–water partition coefficient (Wildman–Crippen LogP) is 3.55. The van der Waals surface area contributed by atoms with Gasteiger partial charge in [0, 0.05) is 24.8 Å². The van der Waals surface area contributed by atoms with Crippen LogP contribution in [-0.4, -0.2) is 19.8 Å². The van der Waals surface area contributed by atoms with Crippen LogP contribution in [0, 0.1) is 6.92 Å². The topological polar surface area (TPSA) is 21.3 Å². The lowest BCUT2D eigenvalue weighted by Gasteiger charge is -2.07. The Morgan fingerprint density at radius 2 is 2.12 bits per heavy atom. The summed E-state index contributed by atoms with van der Waals surface area (Å²) in [6.45, 7) is 7.70. The van der Waals surface area contributed by atoms with Crippen molar-refractivity contribution in [1.82, 2.24) is 5.32 Å². The summed E-state index contributed by atoms with van der Waals surface area (Å²) in [5.41, 5.74) is 2.36. The molecule has 0 spiro atoms. The van der Waals surface area contributed by atoms with Crippen molar-refractivity contribution < 1.29 is 4.74 Å². The summed E-state index contributed by atoms with van der Waals surface area (Å²) in [6, 6.07) is 6.20. The predicted molar refractivity (Wildman–Crippen MR) is 73.6 cm³/mol.